The molecule has 10 nitrogen and oxygen atoms in total. The number of nitrogens with one attached hydrogen (secondary N) is 1. The van der Waals surface area contributed by atoms with E-state index in [4.69, 9.17) is 14.9 Å². The van der Waals surface area contributed by atoms with Crippen LogP contribution in [0.5, 0.6) is 0 Å². The largest absolute Gasteiger partial charge is 0.477 e. The molecule has 0 bridgehead atoms. The topological polar surface area (TPSA) is 177 Å². The normalized spacial score (nSPS) is 30.7. The number of aliphatic carboxylic acids is 1. The number of rotatable bonds is 10. The quantitative estimate of drug-likeness (QED) is 0.228. The van der Waals surface area contributed by atoms with E-state index >= 15 is 0 Å². The fourth-order valence-corrected chi connectivity index (χ4v) is 3.29. The number of carboxylic acid groups (broad SMARTS) is 1. The van der Waals surface area contributed by atoms with Gasteiger partial charge in [0.05, 0.1) is 18.8 Å². The Hall–Kier alpha value is -1.30. The molecule has 0 saturated carbocycles. The Morgan fingerprint density at radius 1 is 1.22 bits per heavy atom. The zero-order valence-electron chi connectivity index (χ0n) is 15.6. The monoisotopic (exact) mass is 393 g/mol. The Labute approximate surface area is 157 Å². The van der Waals surface area contributed by atoms with Gasteiger partial charge in [-0.3, -0.25) is 4.79 Å². The summed E-state index contributed by atoms with van der Waals surface area (Å²) in [7, 11) is 0. The van der Waals surface area contributed by atoms with Crippen molar-refractivity contribution in [3.05, 3.63) is 0 Å². The molecule has 6 atom stereocenters. The van der Waals surface area contributed by atoms with Gasteiger partial charge in [-0.15, -0.1) is 0 Å². The van der Waals surface area contributed by atoms with Gasteiger partial charge in [-0.1, -0.05) is 26.7 Å². The van der Waals surface area contributed by atoms with E-state index in [9.17, 15) is 30.0 Å². The predicted molar refractivity (Wildman–Crippen MR) is 92.4 cm³/mol. The average molecular weight is 393 g/mol. The smallest absolute Gasteiger partial charge is 0.364 e. The van der Waals surface area contributed by atoms with Crippen molar-refractivity contribution in [3.8, 4) is 0 Å². The van der Waals surface area contributed by atoms with E-state index in [1.54, 1.807) is 0 Å². The van der Waals surface area contributed by atoms with Crippen molar-refractivity contribution in [2.45, 2.75) is 82.2 Å². The molecule has 0 aliphatic carbocycles. The molecule has 1 rings (SSSR count). The summed E-state index contributed by atoms with van der Waals surface area (Å²) in [5, 5.41) is 61.1. The second-order valence-electron chi connectivity index (χ2n) is 6.99. The van der Waals surface area contributed by atoms with Crippen LogP contribution in [0.15, 0.2) is 0 Å². The molecule has 1 aliphatic rings. The molecule has 1 aliphatic heterocycles. The zero-order valence-corrected chi connectivity index (χ0v) is 15.6. The predicted octanol–water partition coefficient (Wildman–Crippen LogP) is -1.68. The lowest BCUT2D eigenvalue weighted by Gasteiger charge is -2.45. The maximum absolute atomic E-state index is 12.6. The Bertz CT molecular complexity index is 497. The highest BCUT2D eigenvalue weighted by molar-refractivity contribution is 5.79. The maximum Gasteiger partial charge on any atom is 0.364 e. The van der Waals surface area contributed by atoms with Crippen molar-refractivity contribution in [1.29, 1.82) is 0 Å². The minimum atomic E-state index is -2.80. The fraction of sp³-hybridized carbons (Fsp3) is 0.882. The first kappa shape index (κ1) is 23.7. The van der Waals surface area contributed by atoms with E-state index in [2.05, 4.69) is 5.32 Å². The van der Waals surface area contributed by atoms with Gasteiger partial charge in [-0.05, 0) is 12.8 Å². The average Bonchev–Trinajstić information content (AvgIpc) is 2.62. The molecular formula is C17H31NO9. The maximum atomic E-state index is 12.6. The van der Waals surface area contributed by atoms with Crippen LogP contribution < -0.4 is 5.32 Å². The second-order valence-corrected chi connectivity index (χ2v) is 6.99. The number of carboxylic acids is 1. The van der Waals surface area contributed by atoms with Gasteiger partial charge >= 0.3 is 5.97 Å². The van der Waals surface area contributed by atoms with E-state index < -0.39 is 61.1 Å². The third-order valence-corrected chi connectivity index (χ3v) is 4.79. The van der Waals surface area contributed by atoms with Crippen LogP contribution in [0, 0.1) is 5.92 Å². The van der Waals surface area contributed by atoms with Crippen LogP contribution in [-0.4, -0.2) is 85.4 Å². The Balaban J connectivity index is 3.08. The molecule has 1 unspecified atom stereocenters. The van der Waals surface area contributed by atoms with Gasteiger partial charge in [-0.25, -0.2) is 4.79 Å². The summed E-state index contributed by atoms with van der Waals surface area (Å²) >= 11 is 0. The number of aliphatic hydroxyl groups excluding tert-OH is 4. The van der Waals surface area contributed by atoms with Crippen LogP contribution in [0.4, 0.5) is 0 Å². The number of carbonyl (C=O) groups is 2. The third kappa shape index (κ3) is 5.84. The van der Waals surface area contributed by atoms with Crippen molar-refractivity contribution in [1.82, 2.24) is 5.32 Å². The van der Waals surface area contributed by atoms with Crippen LogP contribution in [-0.2, 0) is 14.3 Å². The molecule has 7 N–H and O–H groups in total. The van der Waals surface area contributed by atoms with Gasteiger partial charge in [0.1, 0.15) is 18.3 Å². The minimum Gasteiger partial charge on any atom is -0.477 e. The van der Waals surface area contributed by atoms with E-state index in [0.717, 1.165) is 12.8 Å². The summed E-state index contributed by atoms with van der Waals surface area (Å²) in [4.78, 5) is 23.9. The van der Waals surface area contributed by atoms with Crippen molar-refractivity contribution in [3.63, 3.8) is 0 Å². The molecule has 0 radical (unpaired) electrons. The molecule has 158 valence electrons. The summed E-state index contributed by atoms with van der Waals surface area (Å²) in [6.45, 7) is 2.98. The molecule has 0 aromatic carbocycles. The lowest BCUT2D eigenvalue weighted by Crippen LogP contribution is -2.67. The first-order chi connectivity index (χ1) is 12.6. The van der Waals surface area contributed by atoms with Crippen LogP contribution in [0.25, 0.3) is 0 Å². The van der Waals surface area contributed by atoms with E-state index in [-0.39, 0.29) is 5.92 Å². The van der Waals surface area contributed by atoms with Gasteiger partial charge in [0.15, 0.2) is 0 Å². The highest BCUT2D eigenvalue weighted by Crippen LogP contribution is 2.31. The van der Waals surface area contributed by atoms with E-state index in [1.165, 1.54) is 0 Å². The summed E-state index contributed by atoms with van der Waals surface area (Å²) in [6, 6.07) is -1.27. The number of ether oxygens (including phenoxy) is 1. The molecule has 0 aromatic heterocycles. The standard InChI is InChI=1S/C17H31NO9/c1-3-5-9(6-4-2)15(23)18-12-10(20)7-17(26,16(24)25)27-14(12)13(22)11(21)8-19/h9-14,19-22,26H,3-8H2,1-2H3,(H,18,23)(H,24,25)/t10-,11+,12+,13+,14+,17?/m0/s1. The molecule has 1 fully saturated rings. The molecule has 1 heterocycles. The van der Waals surface area contributed by atoms with Crippen molar-refractivity contribution >= 4 is 11.9 Å². The SMILES string of the molecule is CCCC(CCC)C(=O)N[C@H]1[C@H]([C@H](O)[C@H](O)CO)OC(O)(C(=O)O)C[C@@H]1O. The summed E-state index contributed by atoms with van der Waals surface area (Å²) in [6.07, 6.45) is -4.78. The fourth-order valence-electron chi connectivity index (χ4n) is 3.29. The number of aliphatic hydroxyl groups is 5. The number of hydrogen-bond donors (Lipinski definition) is 7. The van der Waals surface area contributed by atoms with Crippen LogP contribution >= 0.6 is 0 Å². The van der Waals surface area contributed by atoms with Crippen LogP contribution in [0.3, 0.4) is 0 Å². The van der Waals surface area contributed by atoms with E-state index in [0.29, 0.717) is 12.8 Å². The molecular weight excluding hydrogens is 362 g/mol. The lowest BCUT2D eigenvalue weighted by molar-refractivity contribution is -0.295. The molecule has 1 saturated heterocycles. The number of carbonyl (C=O) groups excluding carboxylic acids is 1. The molecule has 0 spiro atoms. The Morgan fingerprint density at radius 3 is 2.22 bits per heavy atom. The Morgan fingerprint density at radius 2 is 1.78 bits per heavy atom. The molecule has 10 heteroatoms. The highest BCUT2D eigenvalue weighted by atomic mass is 16.7. The van der Waals surface area contributed by atoms with Crippen LogP contribution in [0.1, 0.15) is 46.0 Å². The summed E-state index contributed by atoms with van der Waals surface area (Å²) in [5.74, 6) is -5.32. The molecule has 1 amide bonds. The van der Waals surface area contributed by atoms with E-state index in [1.807, 2.05) is 13.8 Å². The van der Waals surface area contributed by atoms with Gasteiger partial charge in [0.2, 0.25) is 5.91 Å². The third-order valence-electron chi connectivity index (χ3n) is 4.79. The summed E-state index contributed by atoms with van der Waals surface area (Å²) < 4.78 is 5.06. The van der Waals surface area contributed by atoms with Gasteiger partial charge in [0.25, 0.3) is 5.79 Å². The number of hydrogen-bond acceptors (Lipinski definition) is 8. The van der Waals surface area contributed by atoms with Gasteiger partial charge < -0.3 is 40.7 Å². The molecule has 0 aromatic rings. The van der Waals surface area contributed by atoms with Crippen molar-refractivity contribution in [2.75, 3.05) is 6.61 Å². The van der Waals surface area contributed by atoms with Crippen molar-refractivity contribution in [2.24, 2.45) is 5.92 Å². The second kappa shape index (κ2) is 10.3. The summed E-state index contributed by atoms with van der Waals surface area (Å²) in [5.41, 5.74) is 0. The zero-order chi connectivity index (χ0) is 20.8. The lowest BCUT2D eigenvalue weighted by atomic mass is 9.87. The van der Waals surface area contributed by atoms with Crippen molar-refractivity contribution < 1.29 is 45.0 Å². The Kier molecular flexibility index (Phi) is 9.06. The minimum absolute atomic E-state index is 0.340. The highest BCUT2D eigenvalue weighted by Gasteiger charge is 2.54. The van der Waals surface area contributed by atoms with Gasteiger partial charge in [-0.2, -0.15) is 0 Å². The first-order valence-electron chi connectivity index (χ1n) is 9.20. The molecule has 27 heavy (non-hydrogen) atoms. The number of amides is 1. The first-order valence-corrected chi connectivity index (χ1v) is 9.20. The van der Waals surface area contributed by atoms with Gasteiger partial charge in [0, 0.05) is 12.3 Å². The van der Waals surface area contributed by atoms with Crippen LogP contribution in [0.2, 0.25) is 0 Å².